The number of aryl methyl sites for hydroxylation is 1. The van der Waals surface area contributed by atoms with Crippen molar-refractivity contribution in [1.82, 2.24) is 9.97 Å². The Labute approximate surface area is 197 Å². The summed E-state index contributed by atoms with van der Waals surface area (Å²) in [5.74, 6) is -0.818. The average molecular weight is 483 g/mol. The Morgan fingerprint density at radius 1 is 1.12 bits per heavy atom. The summed E-state index contributed by atoms with van der Waals surface area (Å²) in [5, 5.41) is 11.7. The highest BCUT2D eigenvalue weighted by Crippen LogP contribution is 2.23. The lowest BCUT2D eigenvalue weighted by molar-refractivity contribution is 0.0474. The number of H-pyrrole nitrogens is 1. The summed E-state index contributed by atoms with van der Waals surface area (Å²) in [6, 6.07) is 13.7. The Morgan fingerprint density at radius 3 is 2.64 bits per heavy atom. The van der Waals surface area contributed by atoms with Gasteiger partial charge < -0.3 is 14.8 Å². The summed E-state index contributed by atoms with van der Waals surface area (Å²) in [4.78, 5) is 44.8. The molecule has 0 unspecified atom stereocenters. The van der Waals surface area contributed by atoms with Gasteiger partial charge in [0.15, 0.2) is 11.6 Å². The van der Waals surface area contributed by atoms with Crippen molar-refractivity contribution in [2.75, 3.05) is 0 Å². The average Bonchev–Trinajstić information content (AvgIpc) is 3.24. The highest BCUT2D eigenvalue weighted by Gasteiger charge is 2.17. The minimum absolute atomic E-state index is 0.00361. The molecule has 0 fully saturated rings. The molecule has 2 aromatic carbocycles. The van der Waals surface area contributed by atoms with E-state index in [1.54, 1.807) is 41.8 Å². The number of esters is 1. The molecule has 168 valence electrons. The van der Waals surface area contributed by atoms with E-state index in [1.807, 2.05) is 12.1 Å². The molecule has 7 nitrogen and oxygen atoms in total. The van der Waals surface area contributed by atoms with Crippen LogP contribution < -0.4 is 5.56 Å². The smallest absolute Gasteiger partial charge is 0.338 e. The molecule has 0 radical (unpaired) electrons. The van der Waals surface area contributed by atoms with E-state index >= 15 is 0 Å². The second-order valence-corrected chi connectivity index (χ2v) is 8.63. The van der Waals surface area contributed by atoms with Crippen LogP contribution in [0.5, 0.6) is 0 Å². The number of nitrogens with one attached hydrogen (secondary N) is 1. The van der Waals surface area contributed by atoms with E-state index in [1.165, 1.54) is 11.3 Å². The second-order valence-electron chi connectivity index (χ2n) is 7.34. The number of aromatic amines is 1. The summed E-state index contributed by atoms with van der Waals surface area (Å²) in [7, 11) is 0. The van der Waals surface area contributed by atoms with Crippen LogP contribution in [0.1, 0.15) is 44.1 Å². The minimum atomic E-state index is -0.545. The number of benzene rings is 2. The lowest BCUT2D eigenvalue weighted by Gasteiger charge is -2.05. The maximum absolute atomic E-state index is 12.7. The zero-order valence-electron chi connectivity index (χ0n) is 17.3. The fourth-order valence-corrected chi connectivity index (χ4v) is 4.43. The lowest BCUT2D eigenvalue weighted by atomic mass is 10.1. The lowest BCUT2D eigenvalue weighted by Crippen LogP contribution is -2.16. The summed E-state index contributed by atoms with van der Waals surface area (Å²) >= 11 is 7.18. The quantitative estimate of drug-likeness (QED) is 0.286. The number of fused-ring (bicyclic) bond motifs is 1. The number of halogens is 1. The van der Waals surface area contributed by atoms with Gasteiger partial charge in [0.1, 0.15) is 11.4 Å². The van der Waals surface area contributed by atoms with E-state index in [2.05, 4.69) is 9.97 Å². The third-order valence-corrected chi connectivity index (χ3v) is 6.20. The molecule has 0 spiro atoms. The minimum Gasteiger partial charge on any atom is -0.457 e. The largest absolute Gasteiger partial charge is 0.457 e. The Bertz CT molecular complexity index is 1380. The third kappa shape index (κ3) is 5.36. The molecule has 2 aromatic heterocycles. The fraction of sp³-hybridized carbons (Fsp3) is 0.167. The van der Waals surface area contributed by atoms with Gasteiger partial charge >= 0.3 is 5.97 Å². The standard InChI is InChI=1S/C24H19ClN2O5S/c25-18-3-1-2-14(10-18)6-9-19(29)21-26-22(30)20-17(13-33-23(20)27-21)12-32-24(31)16-7-4-15(11-28)5-8-16/h1-5,7-8,10,13,28H,6,9,11-12H2,(H,26,27,30). The van der Waals surface area contributed by atoms with Crippen LogP contribution in [0.25, 0.3) is 10.2 Å². The van der Waals surface area contributed by atoms with Gasteiger partial charge in [0, 0.05) is 22.4 Å². The van der Waals surface area contributed by atoms with Crippen molar-refractivity contribution in [2.45, 2.75) is 26.1 Å². The number of ether oxygens (including phenoxy) is 1. The molecule has 0 saturated carbocycles. The normalized spacial score (nSPS) is 11.0. The first-order valence-corrected chi connectivity index (χ1v) is 11.4. The molecule has 2 N–H and O–H groups in total. The molecule has 4 aromatic rings. The maximum Gasteiger partial charge on any atom is 0.338 e. The Hall–Kier alpha value is -3.33. The zero-order valence-corrected chi connectivity index (χ0v) is 18.9. The van der Waals surface area contributed by atoms with Gasteiger partial charge in [-0.05, 0) is 41.8 Å². The SMILES string of the molecule is O=C(OCc1csc2nc(C(=O)CCc3cccc(Cl)c3)[nH]c(=O)c12)c1ccc(CO)cc1. The molecule has 9 heteroatoms. The number of ketones is 1. The molecule has 0 aliphatic heterocycles. The number of aromatic nitrogens is 2. The third-order valence-electron chi connectivity index (χ3n) is 5.05. The first-order valence-electron chi connectivity index (χ1n) is 10.1. The number of carbonyl (C=O) groups is 2. The molecule has 0 atom stereocenters. The Morgan fingerprint density at radius 2 is 1.91 bits per heavy atom. The van der Waals surface area contributed by atoms with Gasteiger partial charge in [-0.25, -0.2) is 9.78 Å². The predicted molar refractivity (Wildman–Crippen MR) is 126 cm³/mol. The molecule has 0 bridgehead atoms. The van der Waals surface area contributed by atoms with Gasteiger partial charge in [0.25, 0.3) is 5.56 Å². The fourth-order valence-electron chi connectivity index (χ4n) is 3.29. The van der Waals surface area contributed by atoms with Crippen LogP contribution in [0.4, 0.5) is 0 Å². The molecule has 0 aliphatic carbocycles. The molecule has 33 heavy (non-hydrogen) atoms. The zero-order chi connectivity index (χ0) is 23.4. The van der Waals surface area contributed by atoms with E-state index in [0.717, 1.165) is 5.56 Å². The van der Waals surface area contributed by atoms with Gasteiger partial charge in [-0.15, -0.1) is 11.3 Å². The number of hydrogen-bond acceptors (Lipinski definition) is 7. The molecule has 4 rings (SSSR count). The maximum atomic E-state index is 12.7. The van der Waals surface area contributed by atoms with Crippen molar-refractivity contribution in [3.05, 3.63) is 97.4 Å². The highest BCUT2D eigenvalue weighted by atomic mass is 35.5. The van der Waals surface area contributed by atoms with Crippen LogP contribution in [0.15, 0.2) is 58.7 Å². The number of rotatable bonds is 8. The topological polar surface area (TPSA) is 109 Å². The summed E-state index contributed by atoms with van der Waals surface area (Å²) in [5.41, 5.74) is 2.01. The van der Waals surface area contributed by atoms with Crippen molar-refractivity contribution in [3.63, 3.8) is 0 Å². The molecule has 0 aliphatic rings. The van der Waals surface area contributed by atoms with E-state index in [9.17, 15) is 14.4 Å². The Kier molecular flexibility index (Phi) is 6.98. The monoisotopic (exact) mass is 482 g/mol. The molecular weight excluding hydrogens is 464 g/mol. The van der Waals surface area contributed by atoms with Crippen molar-refractivity contribution in [3.8, 4) is 0 Å². The van der Waals surface area contributed by atoms with Crippen molar-refractivity contribution in [1.29, 1.82) is 0 Å². The van der Waals surface area contributed by atoms with Crippen LogP contribution >= 0.6 is 22.9 Å². The number of aliphatic hydroxyl groups is 1. The van der Waals surface area contributed by atoms with Gasteiger partial charge in [0.2, 0.25) is 0 Å². The van der Waals surface area contributed by atoms with Crippen molar-refractivity contribution >= 4 is 44.9 Å². The first kappa shape index (κ1) is 22.8. The highest BCUT2D eigenvalue weighted by molar-refractivity contribution is 7.16. The molecular formula is C24H19ClN2O5S. The summed E-state index contributed by atoms with van der Waals surface area (Å²) < 4.78 is 5.33. The van der Waals surface area contributed by atoms with Gasteiger partial charge in [0.05, 0.1) is 17.6 Å². The van der Waals surface area contributed by atoms with E-state index in [-0.39, 0.29) is 31.2 Å². The van der Waals surface area contributed by atoms with Crippen LogP contribution in [-0.4, -0.2) is 26.8 Å². The second kappa shape index (κ2) is 10.1. The van der Waals surface area contributed by atoms with Gasteiger partial charge in [-0.2, -0.15) is 0 Å². The van der Waals surface area contributed by atoms with Crippen LogP contribution in [0.3, 0.4) is 0 Å². The van der Waals surface area contributed by atoms with Crippen molar-refractivity contribution in [2.24, 2.45) is 0 Å². The molecule has 0 saturated heterocycles. The summed E-state index contributed by atoms with van der Waals surface area (Å²) in [6.45, 7) is -0.218. The van der Waals surface area contributed by atoms with E-state index < -0.39 is 11.5 Å². The number of nitrogens with zero attached hydrogens (tertiary/aromatic N) is 1. The number of aliphatic hydroxyl groups excluding tert-OH is 1. The van der Waals surface area contributed by atoms with E-state index in [4.69, 9.17) is 21.4 Å². The number of hydrogen-bond donors (Lipinski definition) is 2. The van der Waals surface area contributed by atoms with E-state index in [0.29, 0.717) is 38.4 Å². The predicted octanol–water partition coefficient (Wildman–Crippen LogP) is 4.30. The number of thiophene rings is 1. The molecule has 0 amide bonds. The number of Topliss-reactive ketones (excluding diaryl/α,β-unsaturated/α-hetero) is 1. The summed E-state index contributed by atoms with van der Waals surface area (Å²) in [6.07, 6.45) is 0.659. The van der Waals surface area contributed by atoms with Crippen LogP contribution in [0, 0.1) is 0 Å². The number of carbonyl (C=O) groups excluding carboxylic acids is 2. The Balaban J connectivity index is 1.45. The van der Waals surface area contributed by atoms with Gasteiger partial charge in [-0.1, -0.05) is 35.9 Å². The first-order chi connectivity index (χ1) is 15.9. The van der Waals surface area contributed by atoms with Crippen LogP contribution in [0.2, 0.25) is 5.02 Å². The van der Waals surface area contributed by atoms with Crippen LogP contribution in [-0.2, 0) is 24.4 Å². The van der Waals surface area contributed by atoms with Gasteiger partial charge in [-0.3, -0.25) is 9.59 Å². The van der Waals surface area contributed by atoms with Crippen molar-refractivity contribution < 1.29 is 19.4 Å². The molecule has 2 heterocycles.